The average Bonchev–Trinajstić information content (AvgIpc) is 3.01. The van der Waals surface area contributed by atoms with E-state index in [2.05, 4.69) is 12.1 Å². The second kappa shape index (κ2) is 6.10. The average molecular weight is 329 g/mol. The Balaban J connectivity index is 1.97. The fourth-order valence-corrected chi connectivity index (χ4v) is 4.93. The molecule has 0 spiro atoms. The fourth-order valence-electron chi connectivity index (χ4n) is 3.16. The van der Waals surface area contributed by atoms with Crippen molar-refractivity contribution in [2.45, 2.75) is 44.6 Å². The number of aryl methyl sites for hydroxylation is 3. The van der Waals surface area contributed by atoms with Crippen LogP contribution in [0.15, 0.2) is 47.4 Å². The molecule has 0 saturated carbocycles. The van der Waals surface area contributed by atoms with Gasteiger partial charge in [0, 0.05) is 6.54 Å². The van der Waals surface area contributed by atoms with Crippen molar-refractivity contribution in [2.24, 2.45) is 0 Å². The Morgan fingerprint density at radius 1 is 0.957 bits per heavy atom. The first kappa shape index (κ1) is 16.2. The second-order valence-corrected chi connectivity index (χ2v) is 8.32. The van der Waals surface area contributed by atoms with E-state index in [4.69, 9.17) is 0 Å². The molecule has 3 rings (SSSR count). The monoisotopic (exact) mass is 329 g/mol. The third kappa shape index (κ3) is 3.06. The van der Waals surface area contributed by atoms with Crippen LogP contribution in [0.25, 0.3) is 0 Å². The molecule has 3 nitrogen and oxygen atoms in total. The van der Waals surface area contributed by atoms with Crippen molar-refractivity contribution in [2.75, 3.05) is 6.54 Å². The van der Waals surface area contributed by atoms with Gasteiger partial charge in [-0.2, -0.15) is 4.31 Å². The summed E-state index contributed by atoms with van der Waals surface area (Å²) in [5.74, 6) is 0. The molecule has 1 heterocycles. The molecule has 2 aromatic carbocycles. The first-order valence-electron chi connectivity index (χ1n) is 8.05. The van der Waals surface area contributed by atoms with Crippen LogP contribution >= 0.6 is 0 Å². The van der Waals surface area contributed by atoms with E-state index in [0.29, 0.717) is 11.4 Å². The maximum Gasteiger partial charge on any atom is 0.243 e. The predicted molar refractivity (Wildman–Crippen MR) is 93.0 cm³/mol. The third-order valence-electron chi connectivity index (χ3n) is 4.75. The molecule has 1 saturated heterocycles. The Labute approximate surface area is 139 Å². The number of rotatable bonds is 3. The SMILES string of the molecule is Cc1ccc([C@@H]2CCCN2S(=O)(=O)c2ccc(C)c(C)c2)cc1. The molecule has 1 atom stereocenters. The molecule has 0 amide bonds. The van der Waals surface area contributed by atoms with Gasteiger partial charge in [-0.15, -0.1) is 0 Å². The highest BCUT2D eigenvalue weighted by atomic mass is 32.2. The van der Waals surface area contributed by atoms with Gasteiger partial charge >= 0.3 is 0 Å². The second-order valence-electron chi connectivity index (χ2n) is 6.43. The van der Waals surface area contributed by atoms with Gasteiger partial charge in [0.1, 0.15) is 0 Å². The van der Waals surface area contributed by atoms with Gasteiger partial charge in [0.15, 0.2) is 0 Å². The molecule has 23 heavy (non-hydrogen) atoms. The van der Waals surface area contributed by atoms with Gasteiger partial charge in [0.25, 0.3) is 0 Å². The molecule has 1 aliphatic rings. The summed E-state index contributed by atoms with van der Waals surface area (Å²) in [6.45, 7) is 6.59. The summed E-state index contributed by atoms with van der Waals surface area (Å²) in [4.78, 5) is 0.402. The highest BCUT2D eigenvalue weighted by Gasteiger charge is 2.36. The normalized spacial score (nSPS) is 19.2. The van der Waals surface area contributed by atoms with Crippen molar-refractivity contribution in [3.8, 4) is 0 Å². The Morgan fingerprint density at radius 3 is 2.30 bits per heavy atom. The topological polar surface area (TPSA) is 37.4 Å². The highest BCUT2D eigenvalue weighted by Crippen LogP contribution is 2.36. The van der Waals surface area contributed by atoms with E-state index in [0.717, 1.165) is 29.5 Å². The first-order chi connectivity index (χ1) is 10.9. The first-order valence-corrected chi connectivity index (χ1v) is 9.49. The van der Waals surface area contributed by atoms with Crippen LogP contribution in [0.4, 0.5) is 0 Å². The van der Waals surface area contributed by atoms with Gasteiger partial charge in [-0.05, 0) is 62.4 Å². The number of nitrogens with zero attached hydrogens (tertiary/aromatic N) is 1. The van der Waals surface area contributed by atoms with Gasteiger partial charge in [0.2, 0.25) is 10.0 Å². The summed E-state index contributed by atoms with van der Waals surface area (Å²) in [7, 11) is -3.45. The zero-order chi connectivity index (χ0) is 16.6. The summed E-state index contributed by atoms with van der Waals surface area (Å²) in [5.41, 5.74) is 4.40. The Hall–Kier alpha value is -1.65. The predicted octanol–water partition coefficient (Wildman–Crippen LogP) is 4.14. The molecular formula is C19H23NO2S. The van der Waals surface area contributed by atoms with E-state index >= 15 is 0 Å². The smallest absolute Gasteiger partial charge is 0.207 e. The molecule has 4 heteroatoms. The van der Waals surface area contributed by atoms with Crippen molar-refractivity contribution < 1.29 is 8.42 Å². The van der Waals surface area contributed by atoms with Gasteiger partial charge in [-0.3, -0.25) is 0 Å². The maximum atomic E-state index is 13.1. The van der Waals surface area contributed by atoms with Crippen molar-refractivity contribution in [1.29, 1.82) is 0 Å². The zero-order valence-electron chi connectivity index (χ0n) is 13.9. The molecule has 122 valence electrons. The Kier molecular flexibility index (Phi) is 4.30. The lowest BCUT2D eigenvalue weighted by Gasteiger charge is -2.25. The van der Waals surface area contributed by atoms with Crippen molar-refractivity contribution in [1.82, 2.24) is 4.31 Å². The van der Waals surface area contributed by atoms with Crippen LogP contribution in [0.5, 0.6) is 0 Å². The fraction of sp³-hybridized carbons (Fsp3) is 0.368. The maximum absolute atomic E-state index is 13.1. The number of hydrogen-bond acceptors (Lipinski definition) is 2. The third-order valence-corrected chi connectivity index (χ3v) is 6.65. The van der Waals surface area contributed by atoms with Crippen LogP contribution in [-0.2, 0) is 10.0 Å². The van der Waals surface area contributed by atoms with E-state index < -0.39 is 10.0 Å². The minimum Gasteiger partial charge on any atom is -0.207 e. The summed E-state index contributed by atoms with van der Waals surface area (Å²) in [6.07, 6.45) is 1.79. The van der Waals surface area contributed by atoms with Gasteiger partial charge < -0.3 is 0 Å². The lowest BCUT2D eigenvalue weighted by atomic mass is 10.0. The molecule has 0 unspecified atom stereocenters. The number of hydrogen-bond donors (Lipinski definition) is 0. The van der Waals surface area contributed by atoms with E-state index in [-0.39, 0.29) is 6.04 Å². The molecule has 1 fully saturated rings. The molecule has 1 aliphatic heterocycles. The lowest BCUT2D eigenvalue weighted by molar-refractivity contribution is 0.396. The Morgan fingerprint density at radius 2 is 1.65 bits per heavy atom. The summed E-state index contributed by atoms with van der Waals surface area (Å²) in [5, 5.41) is 0. The molecular weight excluding hydrogens is 306 g/mol. The van der Waals surface area contributed by atoms with Crippen LogP contribution < -0.4 is 0 Å². The number of benzene rings is 2. The minimum absolute atomic E-state index is 0.0535. The molecule has 0 bridgehead atoms. The summed E-state index contributed by atoms with van der Waals surface area (Å²) < 4.78 is 27.8. The Bertz CT molecular complexity index is 810. The van der Waals surface area contributed by atoms with Gasteiger partial charge in [-0.1, -0.05) is 35.9 Å². The molecule has 2 aromatic rings. The number of sulfonamides is 1. The van der Waals surface area contributed by atoms with Crippen LogP contribution in [0, 0.1) is 20.8 Å². The quantitative estimate of drug-likeness (QED) is 0.849. The minimum atomic E-state index is -3.45. The van der Waals surface area contributed by atoms with Crippen molar-refractivity contribution in [3.05, 3.63) is 64.7 Å². The van der Waals surface area contributed by atoms with E-state index in [1.165, 1.54) is 5.56 Å². The van der Waals surface area contributed by atoms with Gasteiger partial charge in [0.05, 0.1) is 10.9 Å². The molecule has 0 radical (unpaired) electrons. The lowest BCUT2D eigenvalue weighted by Crippen LogP contribution is -2.30. The van der Waals surface area contributed by atoms with E-state index in [1.54, 1.807) is 16.4 Å². The molecule has 0 aliphatic carbocycles. The highest BCUT2D eigenvalue weighted by molar-refractivity contribution is 7.89. The standard InChI is InChI=1S/C19H23NO2S/c1-14-6-9-17(10-7-14)19-5-4-12-20(19)23(21,22)18-11-8-15(2)16(3)13-18/h6-11,13,19H,4-5,12H2,1-3H3/t19-/m0/s1. The van der Waals surface area contributed by atoms with Crippen molar-refractivity contribution in [3.63, 3.8) is 0 Å². The summed E-state index contributed by atoms with van der Waals surface area (Å²) in [6, 6.07) is 13.5. The van der Waals surface area contributed by atoms with Crippen molar-refractivity contribution >= 4 is 10.0 Å². The van der Waals surface area contributed by atoms with Gasteiger partial charge in [-0.25, -0.2) is 8.42 Å². The van der Waals surface area contributed by atoms with Crippen LogP contribution in [0.3, 0.4) is 0 Å². The summed E-state index contributed by atoms with van der Waals surface area (Å²) >= 11 is 0. The van der Waals surface area contributed by atoms with E-state index in [9.17, 15) is 8.42 Å². The van der Waals surface area contributed by atoms with E-state index in [1.807, 2.05) is 39.0 Å². The van der Waals surface area contributed by atoms with Crippen LogP contribution in [-0.4, -0.2) is 19.3 Å². The van der Waals surface area contributed by atoms with Crippen LogP contribution in [0.2, 0.25) is 0 Å². The molecule has 0 aromatic heterocycles. The molecule has 0 N–H and O–H groups in total. The largest absolute Gasteiger partial charge is 0.243 e. The zero-order valence-corrected chi connectivity index (χ0v) is 14.7. The van der Waals surface area contributed by atoms with Crippen LogP contribution in [0.1, 0.15) is 41.1 Å².